The molecule has 0 saturated carbocycles. The van der Waals surface area contributed by atoms with Gasteiger partial charge < -0.3 is 14.2 Å². The summed E-state index contributed by atoms with van der Waals surface area (Å²) in [5.41, 5.74) is 1.85. The summed E-state index contributed by atoms with van der Waals surface area (Å²) in [4.78, 5) is 31.5. The van der Waals surface area contributed by atoms with Gasteiger partial charge >= 0.3 is 5.97 Å². The number of esters is 1. The first kappa shape index (κ1) is 23.8. The molecule has 0 amide bonds. The van der Waals surface area contributed by atoms with Crippen LogP contribution in [0.1, 0.15) is 31.0 Å². The van der Waals surface area contributed by atoms with Gasteiger partial charge in [0.05, 0.1) is 36.6 Å². The molecule has 1 aromatic heterocycles. The summed E-state index contributed by atoms with van der Waals surface area (Å²) in [5.74, 6) is 0.674. The summed E-state index contributed by atoms with van der Waals surface area (Å²) >= 11 is 7.54. The molecule has 0 N–H and O–H groups in total. The van der Waals surface area contributed by atoms with Gasteiger partial charge in [0.2, 0.25) is 0 Å². The Morgan fingerprint density at radius 2 is 1.94 bits per heavy atom. The number of nitrogens with zero attached hydrogens (tertiary/aromatic N) is 2. The van der Waals surface area contributed by atoms with Gasteiger partial charge in [-0.25, -0.2) is 9.79 Å². The number of halogens is 1. The summed E-state index contributed by atoms with van der Waals surface area (Å²) in [6, 6.07) is 11.7. The molecular weight excluding hydrogens is 476 g/mol. The zero-order chi connectivity index (χ0) is 24.4. The number of fused-ring (bicyclic) bond motifs is 1. The van der Waals surface area contributed by atoms with Gasteiger partial charge in [0.25, 0.3) is 5.56 Å². The zero-order valence-corrected chi connectivity index (χ0v) is 20.7. The minimum atomic E-state index is -0.806. The first-order valence-electron chi connectivity index (χ1n) is 10.5. The third-order valence-corrected chi connectivity index (χ3v) is 6.62. The van der Waals surface area contributed by atoms with E-state index in [-0.39, 0.29) is 11.1 Å². The van der Waals surface area contributed by atoms with Crippen LogP contribution < -0.4 is 24.4 Å². The molecule has 2 heterocycles. The average molecular weight is 499 g/mol. The van der Waals surface area contributed by atoms with Gasteiger partial charge in [0.1, 0.15) is 17.5 Å². The molecule has 0 unspecified atom stereocenters. The highest BCUT2D eigenvalue weighted by Gasteiger charge is 2.35. The number of carbonyl (C=O) groups excluding carboxylic acids is 1. The lowest BCUT2D eigenvalue weighted by molar-refractivity contribution is -0.136. The number of hydrogen-bond acceptors (Lipinski definition) is 7. The summed E-state index contributed by atoms with van der Waals surface area (Å²) in [5, 5.41) is 0.450. The van der Waals surface area contributed by atoms with Crippen LogP contribution in [0.25, 0.3) is 6.08 Å². The Morgan fingerprint density at radius 1 is 1.21 bits per heavy atom. The third-order valence-electron chi connectivity index (χ3n) is 5.40. The number of carbonyl (C=O) groups is 1. The SMILES string of the molecule is CCOc1ccc(/C=c2\sc3n(c2=O)[C@@H](c2cc(Cl)ccc2OC)C(C(=O)OC)=C(C)N=3)cc1. The standard InChI is InChI=1S/C25H23ClN2O5S/c1-5-33-17-9-6-15(7-10-17)12-20-23(29)28-22(18-13-16(26)8-11-19(18)31-3)21(24(30)32-4)14(2)27-25(28)34-20/h6-13,22H,5H2,1-4H3/b20-12-/t22-/m0/s1. The van der Waals surface area contributed by atoms with Crippen LogP contribution in [0.4, 0.5) is 0 Å². The van der Waals surface area contributed by atoms with Crippen molar-refractivity contribution in [3.05, 3.63) is 89.6 Å². The minimum absolute atomic E-state index is 0.253. The summed E-state index contributed by atoms with van der Waals surface area (Å²) in [6.07, 6.45) is 1.79. The van der Waals surface area contributed by atoms with Crippen molar-refractivity contribution in [1.82, 2.24) is 4.57 Å². The van der Waals surface area contributed by atoms with Crippen molar-refractivity contribution in [2.45, 2.75) is 19.9 Å². The van der Waals surface area contributed by atoms with Crippen molar-refractivity contribution in [2.75, 3.05) is 20.8 Å². The van der Waals surface area contributed by atoms with Crippen molar-refractivity contribution < 1.29 is 19.0 Å². The van der Waals surface area contributed by atoms with Crippen LogP contribution in [0.5, 0.6) is 11.5 Å². The first-order valence-corrected chi connectivity index (χ1v) is 11.7. The van der Waals surface area contributed by atoms with Gasteiger partial charge in [-0.1, -0.05) is 35.1 Å². The molecule has 176 valence electrons. The molecule has 1 aliphatic heterocycles. The maximum atomic E-state index is 13.6. The van der Waals surface area contributed by atoms with E-state index in [0.717, 1.165) is 11.3 Å². The number of rotatable bonds is 6. The van der Waals surface area contributed by atoms with E-state index < -0.39 is 12.0 Å². The lowest BCUT2D eigenvalue weighted by Crippen LogP contribution is -2.40. The van der Waals surface area contributed by atoms with Crippen molar-refractivity contribution in [3.8, 4) is 11.5 Å². The Kier molecular flexibility index (Phi) is 6.90. The van der Waals surface area contributed by atoms with E-state index in [2.05, 4.69) is 4.99 Å². The smallest absolute Gasteiger partial charge is 0.338 e. The number of aromatic nitrogens is 1. The lowest BCUT2D eigenvalue weighted by Gasteiger charge is -2.25. The Morgan fingerprint density at radius 3 is 2.59 bits per heavy atom. The number of methoxy groups -OCH3 is 2. The molecule has 34 heavy (non-hydrogen) atoms. The minimum Gasteiger partial charge on any atom is -0.496 e. The number of thiazole rings is 1. The van der Waals surface area contributed by atoms with Crippen LogP contribution in [0.15, 0.2) is 63.5 Å². The molecule has 4 rings (SSSR count). The Bertz CT molecular complexity index is 1450. The van der Waals surface area contributed by atoms with E-state index in [0.29, 0.717) is 38.0 Å². The van der Waals surface area contributed by atoms with Gasteiger partial charge in [-0.05, 0) is 55.8 Å². The van der Waals surface area contributed by atoms with Gasteiger partial charge in [-0.15, -0.1) is 0 Å². The summed E-state index contributed by atoms with van der Waals surface area (Å²) in [6.45, 7) is 4.22. The zero-order valence-electron chi connectivity index (χ0n) is 19.1. The molecule has 0 spiro atoms. The van der Waals surface area contributed by atoms with E-state index in [4.69, 9.17) is 25.8 Å². The fourth-order valence-electron chi connectivity index (χ4n) is 3.88. The van der Waals surface area contributed by atoms with Crippen molar-refractivity contribution >= 4 is 35.0 Å². The lowest BCUT2D eigenvalue weighted by atomic mass is 9.95. The van der Waals surface area contributed by atoms with E-state index in [1.807, 2.05) is 31.2 Å². The average Bonchev–Trinajstić information content (AvgIpc) is 3.13. The molecule has 0 aliphatic carbocycles. The molecule has 0 bridgehead atoms. The van der Waals surface area contributed by atoms with Crippen LogP contribution in [0.2, 0.25) is 5.02 Å². The van der Waals surface area contributed by atoms with E-state index >= 15 is 0 Å². The number of ether oxygens (including phenoxy) is 3. The molecule has 2 aromatic carbocycles. The highest BCUT2D eigenvalue weighted by molar-refractivity contribution is 7.07. The molecule has 9 heteroatoms. The second kappa shape index (κ2) is 9.87. The van der Waals surface area contributed by atoms with E-state index in [1.54, 1.807) is 31.2 Å². The highest BCUT2D eigenvalue weighted by atomic mass is 35.5. The molecule has 7 nitrogen and oxygen atoms in total. The predicted molar refractivity (Wildman–Crippen MR) is 131 cm³/mol. The van der Waals surface area contributed by atoms with Gasteiger partial charge in [-0.3, -0.25) is 9.36 Å². The van der Waals surface area contributed by atoms with Crippen molar-refractivity contribution in [1.29, 1.82) is 0 Å². The molecular formula is C25H23ClN2O5S. The Labute approximate surface area is 205 Å². The van der Waals surface area contributed by atoms with Crippen LogP contribution >= 0.6 is 22.9 Å². The van der Waals surface area contributed by atoms with E-state index in [9.17, 15) is 9.59 Å². The fourth-order valence-corrected chi connectivity index (χ4v) is 5.11. The third kappa shape index (κ3) is 4.38. The summed E-state index contributed by atoms with van der Waals surface area (Å²) in [7, 11) is 2.82. The first-order chi connectivity index (χ1) is 16.4. The van der Waals surface area contributed by atoms with Crippen LogP contribution in [-0.2, 0) is 9.53 Å². The monoisotopic (exact) mass is 498 g/mol. The Hall–Kier alpha value is -3.36. The normalized spacial score (nSPS) is 15.6. The van der Waals surface area contributed by atoms with E-state index in [1.165, 1.54) is 30.1 Å². The van der Waals surface area contributed by atoms with Crippen molar-refractivity contribution in [2.24, 2.45) is 4.99 Å². The molecule has 3 aromatic rings. The maximum absolute atomic E-state index is 13.6. The second-order valence-corrected chi connectivity index (χ2v) is 8.91. The topological polar surface area (TPSA) is 79.1 Å². The molecule has 0 fully saturated rings. The number of benzene rings is 2. The highest BCUT2D eigenvalue weighted by Crippen LogP contribution is 2.37. The number of hydrogen-bond donors (Lipinski definition) is 0. The largest absolute Gasteiger partial charge is 0.496 e. The Balaban J connectivity index is 1.95. The molecule has 0 radical (unpaired) electrons. The molecule has 1 atom stereocenters. The fraction of sp³-hybridized carbons (Fsp3) is 0.240. The van der Waals surface area contributed by atoms with Gasteiger partial charge in [0.15, 0.2) is 4.80 Å². The molecule has 1 aliphatic rings. The van der Waals surface area contributed by atoms with Crippen LogP contribution in [0.3, 0.4) is 0 Å². The van der Waals surface area contributed by atoms with Crippen LogP contribution in [0, 0.1) is 0 Å². The van der Waals surface area contributed by atoms with Gasteiger partial charge in [-0.2, -0.15) is 0 Å². The van der Waals surface area contributed by atoms with Crippen LogP contribution in [-0.4, -0.2) is 31.4 Å². The molecule has 0 saturated heterocycles. The quantitative estimate of drug-likeness (QED) is 0.486. The van der Waals surface area contributed by atoms with Crippen molar-refractivity contribution in [3.63, 3.8) is 0 Å². The second-order valence-electron chi connectivity index (χ2n) is 7.46. The number of allylic oxidation sites excluding steroid dienone is 1. The van der Waals surface area contributed by atoms with Gasteiger partial charge in [0, 0.05) is 10.6 Å². The summed E-state index contributed by atoms with van der Waals surface area (Å²) < 4.78 is 18.1. The predicted octanol–water partition coefficient (Wildman–Crippen LogP) is 3.47. The maximum Gasteiger partial charge on any atom is 0.338 e.